The second-order valence-electron chi connectivity index (χ2n) is 5.88. The first-order valence-corrected chi connectivity index (χ1v) is 7.80. The van der Waals surface area contributed by atoms with Crippen molar-refractivity contribution in [1.29, 1.82) is 0 Å². The predicted molar refractivity (Wildman–Crippen MR) is 88.0 cm³/mol. The van der Waals surface area contributed by atoms with Gasteiger partial charge in [-0.25, -0.2) is 0 Å². The monoisotopic (exact) mass is 372 g/mol. The Bertz CT molecular complexity index is 731. The smallest absolute Gasteiger partial charge is 0.405 e. The van der Waals surface area contributed by atoms with Crippen molar-refractivity contribution in [2.24, 2.45) is 0 Å². The zero-order chi connectivity index (χ0) is 19.3. The third-order valence-electron chi connectivity index (χ3n) is 3.83. The minimum absolute atomic E-state index is 0.0292. The van der Waals surface area contributed by atoms with Gasteiger partial charge in [-0.1, -0.05) is 17.7 Å². The Hall–Kier alpha value is -2.62. The highest BCUT2D eigenvalue weighted by Gasteiger charge is 2.42. The van der Waals surface area contributed by atoms with E-state index in [2.05, 4.69) is 5.10 Å². The van der Waals surface area contributed by atoms with E-state index >= 15 is 0 Å². The maximum atomic E-state index is 13.4. The molecule has 0 aliphatic carbocycles. The largest absolute Gasteiger partial charge is 0.492 e. The summed E-state index contributed by atoms with van der Waals surface area (Å²) < 4.78 is 46.5. The lowest BCUT2D eigenvalue weighted by molar-refractivity contribution is -0.385. The topological polar surface area (TPSA) is 73.4 Å². The Labute approximate surface area is 148 Å². The number of nitro groups is 1. The SMILES string of the molecule is Cc1ccc(OCCN(C)C(Cn2cc([N+](=O)[O-])cn2)C(F)(F)F)cc1. The summed E-state index contributed by atoms with van der Waals surface area (Å²) in [6.45, 7) is 1.48. The highest BCUT2D eigenvalue weighted by atomic mass is 19.4. The molecule has 2 aromatic rings. The van der Waals surface area contributed by atoms with Crippen LogP contribution in [0.4, 0.5) is 18.9 Å². The van der Waals surface area contributed by atoms with Crippen LogP contribution in [0.3, 0.4) is 0 Å². The Morgan fingerprint density at radius 2 is 2.00 bits per heavy atom. The lowest BCUT2D eigenvalue weighted by atomic mass is 10.2. The van der Waals surface area contributed by atoms with Crippen LogP contribution in [-0.2, 0) is 6.54 Å². The number of likely N-dealkylation sites (N-methyl/N-ethyl adjacent to an activating group) is 1. The molecule has 0 aliphatic rings. The van der Waals surface area contributed by atoms with Crippen LogP contribution >= 0.6 is 0 Å². The molecule has 1 aromatic heterocycles. The standard InChI is InChI=1S/C16H19F3N4O3/c1-12-3-5-14(6-4-12)26-8-7-21(2)15(16(17,18)19)11-22-10-13(9-20-22)23(24)25/h3-6,9-10,15H,7-8,11H2,1-2H3. The molecule has 0 radical (unpaired) electrons. The van der Waals surface area contributed by atoms with Crippen LogP contribution in [0.5, 0.6) is 5.75 Å². The highest BCUT2D eigenvalue weighted by Crippen LogP contribution is 2.26. The van der Waals surface area contributed by atoms with Crippen molar-refractivity contribution in [1.82, 2.24) is 14.7 Å². The average molecular weight is 372 g/mol. The molecular formula is C16H19F3N4O3. The molecule has 26 heavy (non-hydrogen) atoms. The van der Waals surface area contributed by atoms with Crippen molar-refractivity contribution in [2.45, 2.75) is 25.7 Å². The molecule has 1 heterocycles. The number of halogens is 3. The number of aryl methyl sites for hydroxylation is 1. The van der Waals surface area contributed by atoms with E-state index in [4.69, 9.17) is 4.74 Å². The Morgan fingerprint density at radius 1 is 1.35 bits per heavy atom. The number of hydrogen-bond donors (Lipinski definition) is 0. The molecule has 0 amide bonds. The molecule has 0 fully saturated rings. The van der Waals surface area contributed by atoms with Crippen LogP contribution in [0.15, 0.2) is 36.7 Å². The van der Waals surface area contributed by atoms with E-state index in [0.717, 1.165) is 27.5 Å². The van der Waals surface area contributed by atoms with Gasteiger partial charge in [0.15, 0.2) is 0 Å². The molecule has 142 valence electrons. The molecule has 0 aliphatic heterocycles. The maximum absolute atomic E-state index is 13.4. The second-order valence-corrected chi connectivity index (χ2v) is 5.88. The summed E-state index contributed by atoms with van der Waals surface area (Å²) in [5.41, 5.74) is 0.705. The van der Waals surface area contributed by atoms with Crippen molar-refractivity contribution >= 4 is 5.69 Å². The Morgan fingerprint density at radius 3 is 2.54 bits per heavy atom. The van der Waals surface area contributed by atoms with Gasteiger partial charge < -0.3 is 4.74 Å². The predicted octanol–water partition coefficient (Wildman–Crippen LogP) is 3.04. The summed E-state index contributed by atoms with van der Waals surface area (Å²) in [6.07, 6.45) is -2.61. The van der Waals surface area contributed by atoms with Crippen LogP contribution in [0.1, 0.15) is 5.56 Å². The van der Waals surface area contributed by atoms with Gasteiger partial charge in [-0.3, -0.25) is 19.7 Å². The normalized spacial score (nSPS) is 13.0. The fourth-order valence-electron chi connectivity index (χ4n) is 2.31. The quantitative estimate of drug-likeness (QED) is 0.526. The van der Waals surface area contributed by atoms with Gasteiger partial charge in [-0.05, 0) is 26.1 Å². The van der Waals surface area contributed by atoms with Gasteiger partial charge in [0.1, 0.15) is 30.8 Å². The summed E-state index contributed by atoms with van der Waals surface area (Å²) in [7, 11) is 1.33. The molecule has 0 N–H and O–H groups in total. The van der Waals surface area contributed by atoms with Crippen molar-refractivity contribution in [2.75, 3.05) is 20.2 Å². The van der Waals surface area contributed by atoms with Crippen LogP contribution in [0, 0.1) is 17.0 Å². The number of rotatable bonds is 8. The molecule has 0 spiro atoms. The molecule has 2 rings (SSSR count). The van der Waals surface area contributed by atoms with Crippen LogP contribution < -0.4 is 4.74 Å². The average Bonchev–Trinajstić information content (AvgIpc) is 3.02. The van der Waals surface area contributed by atoms with Gasteiger partial charge >= 0.3 is 11.9 Å². The first kappa shape index (κ1) is 19.7. The molecule has 1 unspecified atom stereocenters. The molecular weight excluding hydrogens is 353 g/mol. The van der Waals surface area contributed by atoms with Crippen molar-refractivity contribution in [3.63, 3.8) is 0 Å². The third-order valence-corrected chi connectivity index (χ3v) is 3.83. The minimum Gasteiger partial charge on any atom is -0.492 e. The molecule has 7 nitrogen and oxygen atoms in total. The number of hydrogen-bond acceptors (Lipinski definition) is 5. The number of alkyl halides is 3. The summed E-state index contributed by atoms with van der Waals surface area (Å²) in [5.74, 6) is 0.579. The van der Waals surface area contributed by atoms with E-state index < -0.39 is 23.7 Å². The molecule has 1 aromatic carbocycles. The van der Waals surface area contributed by atoms with E-state index in [9.17, 15) is 23.3 Å². The van der Waals surface area contributed by atoms with E-state index in [0.29, 0.717) is 5.75 Å². The number of ether oxygens (including phenoxy) is 1. The van der Waals surface area contributed by atoms with Gasteiger partial charge in [0.2, 0.25) is 0 Å². The van der Waals surface area contributed by atoms with Gasteiger partial charge in [0, 0.05) is 6.54 Å². The van der Waals surface area contributed by atoms with E-state index in [1.807, 2.05) is 19.1 Å². The molecule has 0 saturated carbocycles. The molecule has 0 saturated heterocycles. The summed E-state index contributed by atoms with van der Waals surface area (Å²) in [6, 6.07) is 5.35. The zero-order valence-electron chi connectivity index (χ0n) is 14.3. The van der Waals surface area contributed by atoms with Crippen LogP contribution in [0.25, 0.3) is 0 Å². The zero-order valence-corrected chi connectivity index (χ0v) is 14.3. The number of nitrogens with zero attached hydrogens (tertiary/aromatic N) is 4. The summed E-state index contributed by atoms with van der Waals surface area (Å²) in [4.78, 5) is 11.0. The van der Waals surface area contributed by atoms with Gasteiger partial charge in [-0.15, -0.1) is 0 Å². The number of benzene rings is 1. The first-order chi connectivity index (χ1) is 12.2. The first-order valence-electron chi connectivity index (χ1n) is 7.80. The van der Waals surface area contributed by atoms with Crippen molar-refractivity contribution < 1.29 is 22.8 Å². The molecule has 0 bridgehead atoms. The lowest BCUT2D eigenvalue weighted by Crippen LogP contribution is -2.47. The van der Waals surface area contributed by atoms with E-state index in [1.54, 1.807) is 12.1 Å². The van der Waals surface area contributed by atoms with Gasteiger partial charge in [0.05, 0.1) is 11.5 Å². The molecule has 10 heteroatoms. The number of aromatic nitrogens is 2. The second kappa shape index (κ2) is 8.17. The van der Waals surface area contributed by atoms with Crippen molar-refractivity contribution in [3.05, 3.63) is 52.3 Å². The summed E-state index contributed by atoms with van der Waals surface area (Å²) in [5, 5.41) is 14.3. The minimum atomic E-state index is -4.51. The Balaban J connectivity index is 1.96. The lowest BCUT2D eigenvalue weighted by Gasteiger charge is -2.29. The fraction of sp³-hybridized carbons (Fsp3) is 0.438. The Kier molecular flexibility index (Phi) is 6.19. The summed E-state index contributed by atoms with van der Waals surface area (Å²) >= 11 is 0. The van der Waals surface area contributed by atoms with Gasteiger partial charge in [0.25, 0.3) is 0 Å². The van der Waals surface area contributed by atoms with E-state index in [-0.39, 0.29) is 18.8 Å². The van der Waals surface area contributed by atoms with E-state index in [1.165, 1.54) is 7.05 Å². The van der Waals surface area contributed by atoms with Crippen LogP contribution in [0.2, 0.25) is 0 Å². The van der Waals surface area contributed by atoms with Gasteiger partial charge in [-0.2, -0.15) is 18.3 Å². The highest BCUT2D eigenvalue weighted by molar-refractivity contribution is 5.26. The fourth-order valence-corrected chi connectivity index (χ4v) is 2.31. The molecule has 1 atom stereocenters. The van der Waals surface area contributed by atoms with Crippen LogP contribution in [-0.4, -0.2) is 52.0 Å². The maximum Gasteiger partial charge on any atom is 0.405 e. The third kappa shape index (κ3) is 5.45. The van der Waals surface area contributed by atoms with Crippen molar-refractivity contribution in [3.8, 4) is 5.75 Å².